The highest BCUT2D eigenvalue weighted by molar-refractivity contribution is 8.26. The van der Waals surface area contributed by atoms with E-state index in [9.17, 15) is 0 Å². The Morgan fingerprint density at radius 3 is 1.44 bits per heavy atom. The van der Waals surface area contributed by atoms with Crippen molar-refractivity contribution < 1.29 is 9.31 Å². The van der Waals surface area contributed by atoms with Crippen LogP contribution in [0.4, 0.5) is 0 Å². The Bertz CT molecular complexity index is 1360. The Labute approximate surface area is 195 Å². The van der Waals surface area contributed by atoms with Crippen LogP contribution >= 0.6 is 23.2 Å². The number of fused-ring (bicyclic) bond motifs is 5. The predicted octanol–water partition coefficient (Wildman–Crippen LogP) is 5.75. The molecule has 0 saturated heterocycles. The highest BCUT2D eigenvalue weighted by Gasteiger charge is 2.32. The second-order valence-corrected chi connectivity index (χ2v) is 10.3. The largest absolute Gasteiger partial charge is 0.546 e. The van der Waals surface area contributed by atoms with E-state index >= 15 is 0 Å². The fourth-order valence-electron chi connectivity index (χ4n) is 4.47. The molecule has 2 nitrogen and oxygen atoms in total. The zero-order chi connectivity index (χ0) is 21.1. The summed E-state index contributed by atoms with van der Waals surface area (Å²) in [7, 11) is 0. The molecule has 5 aromatic carbocycles. The topological polar surface area (TPSA) is 18.5 Å². The van der Waals surface area contributed by atoms with Gasteiger partial charge in [-0.15, -0.1) is 23.2 Å². The van der Waals surface area contributed by atoms with Crippen molar-refractivity contribution in [2.24, 2.45) is 0 Å². The van der Waals surface area contributed by atoms with Crippen molar-refractivity contribution in [2.75, 3.05) is 0 Å². The molecule has 0 aromatic heterocycles. The first-order chi connectivity index (χ1) is 15.8. The summed E-state index contributed by atoms with van der Waals surface area (Å²) >= 11 is 3.55. The summed E-state index contributed by atoms with van der Waals surface area (Å²) in [5, 5.41) is 5.01. The first-order valence-electron chi connectivity index (χ1n) is 10.6. The van der Waals surface area contributed by atoms with Gasteiger partial charge < -0.3 is 9.31 Å². The smallest absolute Gasteiger partial charge is 0.467 e. The van der Waals surface area contributed by atoms with Crippen LogP contribution in [0.3, 0.4) is 0 Å². The zero-order valence-electron chi connectivity index (χ0n) is 17.0. The van der Waals surface area contributed by atoms with Crippen LogP contribution in [0.1, 0.15) is 0 Å². The molecule has 5 aromatic rings. The summed E-state index contributed by atoms with van der Waals surface area (Å²) in [5.41, 5.74) is 2.39. The fourth-order valence-corrected chi connectivity index (χ4v) is 6.58. The van der Waals surface area contributed by atoms with Crippen molar-refractivity contribution in [3.8, 4) is 11.5 Å². The molecule has 0 amide bonds. The zero-order valence-corrected chi connectivity index (χ0v) is 18.7. The van der Waals surface area contributed by atoms with Crippen LogP contribution in [0.2, 0.25) is 0 Å². The molecule has 0 saturated carbocycles. The number of para-hydroxylation sites is 2. The Balaban J connectivity index is 1.22. The minimum absolute atomic E-state index is 0.00745. The summed E-state index contributed by atoms with van der Waals surface area (Å²) in [5.74, 6) is 1.95. The quantitative estimate of drug-likeness (QED) is 0.254. The lowest BCUT2D eigenvalue weighted by atomic mass is 9.82. The molecule has 0 N–H and O–H groups in total. The maximum absolute atomic E-state index is 6.18. The lowest BCUT2D eigenvalue weighted by Gasteiger charge is -2.11. The van der Waals surface area contributed by atoms with Crippen LogP contribution in [0.25, 0.3) is 21.5 Å². The molecule has 0 bridgehead atoms. The van der Waals surface area contributed by atoms with E-state index in [2.05, 4.69) is 72.8 Å². The van der Waals surface area contributed by atoms with E-state index in [4.69, 9.17) is 9.31 Å². The maximum Gasteiger partial charge on any atom is 0.467 e. The normalized spacial score (nSPS) is 14.4. The van der Waals surface area contributed by atoms with E-state index in [1.165, 1.54) is 42.3 Å². The van der Waals surface area contributed by atoms with Crippen molar-refractivity contribution in [3.63, 3.8) is 0 Å². The van der Waals surface area contributed by atoms with Gasteiger partial charge in [0.25, 0.3) is 0 Å². The molecule has 0 atom stereocenters. The first kappa shape index (κ1) is 18.6. The standard InChI is InChI=1S/C26H16B2O2S2/c1-3-7-25-23(5-1)29-27(31-25)19-11-13-21-17(15-19)9-10-18-16-20(12-14-22(18)21)28-30-24-6-2-4-8-26(24)32-28/h1-16H. The van der Waals surface area contributed by atoms with Crippen LogP contribution < -0.4 is 20.2 Å². The van der Waals surface area contributed by atoms with E-state index in [-0.39, 0.29) is 12.4 Å². The van der Waals surface area contributed by atoms with E-state index in [0.717, 1.165) is 11.5 Å². The number of hydrogen-bond acceptors (Lipinski definition) is 4. The molecule has 7 rings (SSSR count). The van der Waals surface area contributed by atoms with Gasteiger partial charge in [-0.3, -0.25) is 0 Å². The van der Waals surface area contributed by atoms with Gasteiger partial charge in [0.15, 0.2) is 0 Å². The van der Waals surface area contributed by atoms with Crippen LogP contribution in [-0.4, -0.2) is 12.4 Å². The third kappa shape index (κ3) is 3.01. The van der Waals surface area contributed by atoms with Crippen molar-refractivity contribution in [1.29, 1.82) is 0 Å². The summed E-state index contributed by atoms with van der Waals surface area (Å²) in [6.45, 7) is 0. The summed E-state index contributed by atoms with van der Waals surface area (Å²) in [6, 6.07) is 34.3. The molecule has 0 fully saturated rings. The van der Waals surface area contributed by atoms with Crippen LogP contribution in [0.15, 0.2) is 107 Å². The molecule has 0 aliphatic carbocycles. The van der Waals surface area contributed by atoms with Crippen LogP contribution in [-0.2, 0) is 0 Å². The van der Waals surface area contributed by atoms with Gasteiger partial charge >= 0.3 is 12.4 Å². The molecule has 0 unspecified atom stereocenters. The lowest BCUT2D eigenvalue weighted by Crippen LogP contribution is -2.30. The Hall–Kier alpha value is -2.95. The van der Waals surface area contributed by atoms with Gasteiger partial charge in [-0.05, 0) is 56.7 Å². The van der Waals surface area contributed by atoms with Crippen molar-refractivity contribution in [1.82, 2.24) is 0 Å². The molecule has 2 aliphatic heterocycles. The average Bonchev–Trinajstić information content (AvgIpc) is 3.47. The highest BCUT2D eigenvalue weighted by Crippen LogP contribution is 2.39. The number of hydrogen-bond donors (Lipinski definition) is 0. The molecule has 32 heavy (non-hydrogen) atoms. The molecular formula is C26H16B2O2S2. The lowest BCUT2D eigenvalue weighted by molar-refractivity contribution is 0.592. The molecule has 6 heteroatoms. The van der Waals surface area contributed by atoms with Gasteiger partial charge in [-0.2, -0.15) is 0 Å². The summed E-state index contributed by atoms with van der Waals surface area (Å²) in [4.78, 5) is 2.41. The predicted molar refractivity (Wildman–Crippen MR) is 138 cm³/mol. The monoisotopic (exact) mass is 446 g/mol. The van der Waals surface area contributed by atoms with Crippen LogP contribution in [0.5, 0.6) is 11.5 Å². The molecule has 0 spiro atoms. The fraction of sp³-hybridized carbons (Fsp3) is 0. The minimum atomic E-state index is 0.00745. The Morgan fingerprint density at radius 2 is 0.969 bits per heavy atom. The number of rotatable bonds is 2. The Morgan fingerprint density at radius 1 is 0.500 bits per heavy atom. The molecule has 150 valence electrons. The molecule has 2 aliphatic rings. The van der Waals surface area contributed by atoms with Crippen molar-refractivity contribution in [3.05, 3.63) is 97.1 Å². The number of benzene rings is 5. The van der Waals surface area contributed by atoms with E-state index in [1.807, 2.05) is 24.3 Å². The highest BCUT2D eigenvalue weighted by atomic mass is 32.2. The molecule has 2 heterocycles. The van der Waals surface area contributed by atoms with Crippen LogP contribution in [0, 0.1) is 0 Å². The van der Waals surface area contributed by atoms with Crippen molar-refractivity contribution >= 4 is 68.1 Å². The molecular weight excluding hydrogens is 430 g/mol. The van der Waals surface area contributed by atoms with Gasteiger partial charge in [0, 0.05) is 9.79 Å². The minimum Gasteiger partial charge on any atom is -0.546 e. The third-order valence-electron chi connectivity index (χ3n) is 6.06. The first-order valence-corrected chi connectivity index (χ1v) is 12.4. The van der Waals surface area contributed by atoms with Gasteiger partial charge in [-0.25, -0.2) is 0 Å². The summed E-state index contributed by atoms with van der Waals surface area (Å²) < 4.78 is 12.4. The average molecular weight is 446 g/mol. The second kappa shape index (κ2) is 7.29. The second-order valence-electron chi connectivity index (χ2n) is 8.06. The van der Waals surface area contributed by atoms with E-state index in [0.29, 0.717) is 0 Å². The van der Waals surface area contributed by atoms with Gasteiger partial charge in [0.05, 0.1) is 0 Å². The third-order valence-corrected chi connectivity index (χ3v) is 8.41. The molecule has 0 radical (unpaired) electrons. The van der Waals surface area contributed by atoms with E-state index in [1.54, 1.807) is 23.2 Å². The van der Waals surface area contributed by atoms with Gasteiger partial charge in [0.2, 0.25) is 0 Å². The maximum atomic E-state index is 6.18. The Kier molecular flexibility index (Phi) is 4.24. The van der Waals surface area contributed by atoms with Gasteiger partial charge in [-0.1, -0.05) is 72.8 Å². The van der Waals surface area contributed by atoms with E-state index < -0.39 is 0 Å². The van der Waals surface area contributed by atoms with Gasteiger partial charge in [0.1, 0.15) is 11.5 Å². The van der Waals surface area contributed by atoms with Crippen molar-refractivity contribution in [2.45, 2.75) is 9.79 Å². The SMILES string of the molecule is c1ccc2c(c1)OB(c1ccc3c(ccc4cc(B5Oc6ccccc6S5)ccc43)c1)S2. The summed E-state index contributed by atoms with van der Waals surface area (Å²) in [6.07, 6.45) is 0.0149.